The van der Waals surface area contributed by atoms with Gasteiger partial charge in [-0.3, -0.25) is 4.99 Å². The molecular formula is C21H38N4O4S. The summed E-state index contributed by atoms with van der Waals surface area (Å²) < 4.78 is 36.2. The maximum Gasteiger partial charge on any atom is 0.211 e. The number of guanidine groups is 1. The number of nitrogens with zero attached hydrogens (tertiary/aromatic N) is 2. The molecule has 1 unspecified atom stereocenters. The topological polar surface area (TPSA) is 92.3 Å². The molecule has 0 heterocycles. The summed E-state index contributed by atoms with van der Waals surface area (Å²) in [5.41, 5.74) is 1.06. The molecule has 0 fully saturated rings. The molecule has 0 saturated heterocycles. The van der Waals surface area contributed by atoms with Crippen LogP contribution in [0.15, 0.2) is 23.2 Å². The van der Waals surface area contributed by atoms with Gasteiger partial charge in [-0.25, -0.2) is 12.7 Å². The molecule has 0 spiro atoms. The van der Waals surface area contributed by atoms with E-state index < -0.39 is 10.0 Å². The second-order valence-electron chi connectivity index (χ2n) is 6.81. The zero-order valence-electron chi connectivity index (χ0n) is 19.2. The van der Waals surface area contributed by atoms with Crippen molar-refractivity contribution in [1.82, 2.24) is 14.9 Å². The van der Waals surface area contributed by atoms with Gasteiger partial charge >= 0.3 is 0 Å². The van der Waals surface area contributed by atoms with Crippen LogP contribution >= 0.6 is 0 Å². The predicted molar refractivity (Wildman–Crippen MR) is 123 cm³/mol. The molecule has 0 aliphatic rings. The summed E-state index contributed by atoms with van der Waals surface area (Å²) in [6, 6.07) is 5.93. The van der Waals surface area contributed by atoms with E-state index in [2.05, 4.69) is 22.5 Å². The van der Waals surface area contributed by atoms with Crippen LogP contribution in [0.2, 0.25) is 0 Å². The minimum absolute atomic E-state index is 0.000780. The smallest absolute Gasteiger partial charge is 0.211 e. The zero-order valence-corrected chi connectivity index (χ0v) is 20.0. The fourth-order valence-corrected chi connectivity index (χ4v) is 3.87. The number of nitrogens with one attached hydrogen (secondary N) is 2. The third-order valence-corrected chi connectivity index (χ3v) is 5.80. The molecule has 2 N–H and O–H groups in total. The summed E-state index contributed by atoms with van der Waals surface area (Å²) in [6.45, 7) is 13.1. The lowest BCUT2D eigenvalue weighted by Gasteiger charge is -2.20. The van der Waals surface area contributed by atoms with Gasteiger partial charge in [-0.2, -0.15) is 0 Å². The van der Waals surface area contributed by atoms with Crippen molar-refractivity contribution in [2.24, 2.45) is 4.99 Å². The third-order valence-electron chi connectivity index (χ3n) is 4.42. The summed E-state index contributed by atoms with van der Waals surface area (Å²) in [4.78, 5) is 4.59. The molecule has 0 aliphatic heterocycles. The van der Waals surface area contributed by atoms with Crippen LogP contribution in [0.1, 0.15) is 52.6 Å². The number of sulfonamides is 1. The van der Waals surface area contributed by atoms with Crippen LogP contribution in [-0.2, 0) is 10.0 Å². The molecule has 8 nitrogen and oxygen atoms in total. The van der Waals surface area contributed by atoms with Crippen molar-refractivity contribution >= 4 is 16.0 Å². The van der Waals surface area contributed by atoms with Gasteiger partial charge in [-0.15, -0.1) is 0 Å². The standard InChI is InChI=1S/C21H38N4O4S/c1-7-22-21(23-14-11-15-25(8-2)30(6,26)27)24-17(5)18-12-13-19(28-9-3)20(16-18)29-10-4/h12-13,16-17H,7-11,14-15H2,1-6H3,(H2,22,23,24). The van der Waals surface area contributed by atoms with Crippen LogP contribution in [-0.4, -0.2) is 64.3 Å². The number of hydrogen-bond donors (Lipinski definition) is 2. The number of benzene rings is 1. The van der Waals surface area contributed by atoms with Gasteiger partial charge < -0.3 is 20.1 Å². The molecule has 9 heteroatoms. The second kappa shape index (κ2) is 13.3. The summed E-state index contributed by atoms with van der Waals surface area (Å²) >= 11 is 0. The van der Waals surface area contributed by atoms with Crippen LogP contribution in [0, 0.1) is 0 Å². The monoisotopic (exact) mass is 442 g/mol. The summed E-state index contributed by atoms with van der Waals surface area (Å²) in [7, 11) is -3.17. The van der Waals surface area contributed by atoms with Crippen molar-refractivity contribution < 1.29 is 17.9 Å². The van der Waals surface area contributed by atoms with Crippen molar-refractivity contribution in [2.75, 3.05) is 45.6 Å². The molecule has 1 aromatic rings. The molecule has 0 aromatic heterocycles. The van der Waals surface area contributed by atoms with E-state index in [1.165, 1.54) is 10.6 Å². The van der Waals surface area contributed by atoms with Crippen molar-refractivity contribution in [3.63, 3.8) is 0 Å². The Balaban J connectivity index is 2.79. The number of ether oxygens (including phenoxy) is 2. The van der Waals surface area contributed by atoms with E-state index in [0.717, 1.165) is 23.6 Å². The molecular weight excluding hydrogens is 404 g/mol. The van der Waals surface area contributed by atoms with Crippen molar-refractivity contribution in [3.05, 3.63) is 23.8 Å². The van der Waals surface area contributed by atoms with E-state index in [-0.39, 0.29) is 6.04 Å². The Kier molecular flexibility index (Phi) is 11.6. The first kappa shape index (κ1) is 26.0. The average Bonchev–Trinajstić information content (AvgIpc) is 2.68. The molecule has 172 valence electrons. The Morgan fingerprint density at radius 3 is 2.37 bits per heavy atom. The van der Waals surface area contributed by atoms with Gasteiger partial charge in [0, 0.05) is 26.2 Å². The van der Waals surface area contributed by atoms with E-state index in [9.17, 15) is 8.42 Å². The fraction of sp³-hybridized carbons (Fsp3) is 0.667. The average molecular weight is 443 g/mol. The van der Waals surface area contributed by atoms with Crippen LogP contribution < -0.4 is 20.1 Å². The van der Waals surface area contributed by atoms with Gasteiger partial charge in [0.2, 0.25) is 10.0 Å². The lowest BCUT2D eigenvalue weighted by Crippen LogP contribution is -2.39. The Morgan fingerprint density at radius 1 is 1.13 bits per heavy atom. The molecule has 0 amide bonds. The highest BCUT2D eigenvalue weighted by Crippen LogP contribution is 2.30. The number of rotatable bonds is 13. The Morgan fingerprint density at radius 2 is 1.80 bits per heavy atom. The molecule has 0 saturated carbocycles. The SMILES string of the molecule is CCNC(=NCCCN(CC)S(C)(=O)=O)NC(C)c1ccc(OCC)c(OCC)c1. The van der Waals surface area contributed by atoms with Crippen LogP contribution in [0.5, 0.6) is 11.5 Å². The Hall–Kier alpha value is -2.00. The zero-order chi connectivity index (χ0) is 22.6. The highest BCUT2D eigenvalue weighted by atomic mass is 32.2. The predicted octanol–water partition coefficient (Wildman–Crippen LogP) is 2.77. The quantitative estimate of drug-likeness (QED) is 0.277. The lowest BCUT2D eigenvalue weighted by atomic mass is 10.1. The third kappa shape index (κ3) is 8.79. The van der Waals surface area contributed by atoms with Gasteiger partial charge in [0.15, 0.2) is 17.5 Å². The van der Waals surface area contributed by atoms with E-state index in [0.29, 0.717) is 45.2 Å². The van der Waals surface area contributed by atoms with Crippen LogP contribution in [0.3, 0.4) is 0 Å². The first-order chi connectivity index (χ1) is 14.3. The molecule has 1 rings (SSSR count). The van der Waals surface area contributed by atoms with E-state index in [4.69, 9.17) is 9.47 Å². The second-order valence-corrected chi connectivity index (χ2v) is 8.79. The molecule has 0 aliphatic carbocycles. The Labute approximate surface area is 182 Å². The van der Waals surface area contributed by atoms with Crippen LogP contribution in [0.4, 0.5) is 0 Å². The highest BCUT2D eigenvalue weighted by Gasteiger charge is 2.14. The van der Waals surface area contributed by atoms with Gasteiger partial charge in [0.1, 0.15) is 0 Å². The van der Waals surface area contributed by atoms with Gasteiger partial charge in [-0.1, -0.05) is 13.0 Å². The molecule has 0 radical (unpaired) electrons. The van der Waals surface area contributed by atoms with Crippen LogP contribution in [0.25, 0.3) is 0 Å². The maximum absolute atomic E-state index is 11.7. The molecule has 1 atom stereocenters. The molecule has 30 heavy (non-hydrogen) atoms. The lowest BCUT2D eigenvalue weighted by molar-refractivity contribution is 0.287. The highest BCUT2D eigenvalue weighted by molar-refractivity contribution is 7.88. The largest absolute Gasteiger partial charge is 0.490 e. The summed E-state index contributed by atoms with van der Waals surface area (Å²) in [5, 5.41) is 6.64. The van der Waals surface area contributed by atoms with Gasteiger partial charge in [0.05, 0.1) is 25.5 Å². The van der Waals surface area contributed by atoms with E-state index >= 15 is 0 Å². The summed E-state index contributed by atoms with van der Waals surface area (Å²) in [5.74, 6) is 2.16. The maximum atomic E-state index is 11.7. The minimum atomic E-state index is -3.17. The first-order valence-electron chi connectivity index (χ1n) is 10.7. The van der Waals surface area contributed by atoms with E-state index in [1.807, 2.05) is 45.9 Å². The molecule has 0 bridgehead atoms. The Bertz CT molecular complexity index is 768. The number of aliphatic imine (C=N–C) groups is 1. The van der Waals surface area contributed by atoms with Crippen molar-refractivity contribution in [3.8, 4) is 11.5 Å². The van der Waals surface area contributed by atoms with Crippen molar-refractivity contribution in [2.45, 2.75) is 47.1 Å². The van der Waals surface area contributed by atoms with Gasteiger partial charge in [0.25, 0.3) is 0 Å². The molecule has 1 aromatic carbocycles. The van der Waals surface area contributed by atoms with E-state index in [1.54, 1.807) is 0 Å². The van der Waals surface area contributed by atoms with Crippen molar-refractivity contribution in [1.29, 1.82) is 0 Å². The first-order valence-corrected chi connectivity index (χ1v) is 12.5. The fourth-order valence-electron chi connectivity index (χ4n) is 2.94. The summed E-state index contributed by atoms with van der Waals surface area (Å²) in [6.07, 6.45) is 1.89. The van der Waals surface area contributed by atoms with Gasteiger partial charge in [-0.05, 0) is 51.8 Å². The normalized spacial score (nSPS) is 13.2. The number of hydrogen-bond acceptors (Lipinski definition) is 5. The minimum Gasteiger partial charge on any atom is -0.490 e.